The summed E-state index contributed by atoms with van der Waals surface area (Å²) in [6.45, 7) is 1.85. The number of rotatable bonds is 3. The van der Waals surface area contributed by atoms with Crippen LogP contribution in [0.5, 0.6) is 0 Å². The third kappa shape index (κ3) is 3.40. The Labute approximate surface area is 159 Å². The Morgan fingerprint density at radius 1 is 1.33 bits per heavy atom. The Kier molecular flexibility index (Phi) is 4.35. The van der Waals surface area contributed by atoms with E-state index in [1.54, 1.807) is 22.8 Å². The molecule has 1 atom stereocenters. The number of hydrogen-bond acceptors (Lipinski definition) is 5. The highest BCUT2D eigenvalue weighted by molar-refractivity contribution is 8.13. The molecule has 3 heterocycles. The normalized spacial score (nSPS) is 19.7. The molecule has 1 unspecified atom stereocenters. The minimum Gasteiger partial charge on any atom is -0.379 e. The number of carbonyl (C=O) groups excluding carboxylic acids is 1. The molecular formula is C19H18FN5OS. The number of carbonyl (C=O) groups is 1. The van der Waals surface area contributed by atoms with E-state index in [1.165, 1.54) is 23.9 Å². The number of fused-ring (bicyclic) bond motifs is 1. The molecule has 8 heteroatoms. The molecule has 4 rings (SSSR count). The van der Waals surface area contributed by atoms with Crippen LogP contribution in [0.25, 0.3) is 5.52 Å². The lowest BCUT2D eigenvalue weighted by molar-refractivity contribution is 0.102. The Morgan fingerprint density at radius 3 is 2.96 bits per heavy atom. The molecule has 27 heavy (non-hydrogen) atoms. The first-order valence-electron chi connectivity index (χ1n) is 8.48. The number of anilines is 1. The third-order valence-corrected chi connectivity index (χ3v) is 5.40. The standard InChI is InChI=1S/C19H18FN5OS/c1-19(7-9-27-18(21)23-19)14-10-12(5-6-15(14)20)22-17(26)16-11-13-4-2-3-8-25(13)24-16/h2-6,8,10-11H,7,9H2,1H3,(H2,21,23)(H,22,26). The lowest BCUT2D eigenvalue weighted by Crippen LogP contribution is -2.29. The van der Waals surface area contributed by atoms with Gasteiger partial charge in [0.1, 0.15) is 5.82 Å². The predicted molar refractivity (Wildman–Crippen MR) is 106 cm³/mol. The van der Waals surface area contributed by atoms with Gasteiger partial charge in [0, 0.05) is 23.2 Å². The summed E-state index contributed by atoms with van der Waals surface area (Å²) in [5.74, 6) is 0.0404. The second-order valence-electron chi connectivity index (χ2n) is 6.57. The van der Waals surface area contributed by atoms with E-state index in [-0.39, 0.29) is 17.4 Å². The van der Waals surface area contributed by atoms with Crippen LogP contribution in [0.3, 0.4) is 0 Å². The van der Waals surface area contributed by atoms with Gasteiger partial charge in [-0.25, -0.2) is 8.91 Å². The number of nitrogens with two attached hydrogens (primary N) is 1. The summed E-state index contributed by atoms with van der Waals surface area (Å²) in [7, 11) is 0. The summed E-state index contributed by atoms with van der Waals surface area (Å²) in [5, 5.41) is 7.49. The smallest absolute Gasteiger partial charge is 0.276 e. The molecule has 3 aromatic rings. The van der Waals surface area contributed by atoms with Crippen molar-refractivity contribution in [2.45, 2.75) is 18.9 Å². The van der Waals surface area contributed by atoms with Crippen LogP contribution in [0.1, 0.15) is 29.4 Å². The highest BCUT2D eigenvalue weighted by Crippen LogP contribution is 2.37. The SMILES string of the molecule is CC1(c2cc(NC(=O)c3cc4ccccn4n3)ccc2F)CCSC(N)=N1. The number of nitrogens with zero attached hydrogens (tertiary/aromatic N) is 3. The average Bonchev–Trinajstić information content (AvgIpc) is 3.07. The number of benzene rings is 1. The Balaban J connectivity index is 1.63. The second kappa shape index (κ2) is 6.70. The van der Waals surface area contributed by atoms with Gasteiger partial charge >= 0.3 is 0 Å². The van der Waals surface area contributed by atoms with Crippen molar-refractivity contribution in [3.05, 3.63) is 65.7 Å². The van der Waals surface area contributed by atoms with Gasteiger partial charge in [0.2, 0.25) is 0 Å². The average molecular weight is 383 g/mol. The van der Waals surface area contributed by atoms with Crippen LogP contribution in [0.2, 0.25) is 0 Å². The van der Waals surface area contributed by atoms with E-state index < -0.39 is 5.54 Å². The molecule has 6 nitrogen and oxygen atoms in total. The van der Waals surface area contributed by atoms with E-state index in [9.17, 15) is 9.18 Å². The largest absolute Gasteiger partial charge is 0.379 e. The number of amides is 1. The van der Waals surface area contributed by atoms with Crippen molar-refractivity contribution < 1.29 is 9.18 Å². The summed E-state index contributed by atoms with van der Waals surface area (Å²) in [6, 6.07) is 11.8. The molecule has 0 saturated heterocycles. The van der Waals surface area contributed by atoms with Crippen LogP contribution in [0.15, 0.2) is 53.7 Å². The van der Waals surface area contributed by atoms with E-state index in [2.05, 4.69) is 15.4 Å². The molecule has 138 valence electrons. The monoisotopic (exact) mass is 383 g/mol. The minimum atomic E-state index is -0.747. The molecule has 2 aromatic heterocycles. The zero-order chi connectivity index (χ0) is 19.0. The van der Waals surface area contributed by atoms with E-state index in [0.717, 1.165) is 11.3 Å². The van der Waals surface area contributed by atoms with Crippen molar-refractivity contribution in [2.75, 3.05) is 11.1 Å². The molecule has 3 N–H and O–H groups in total. The lowest BCUT2D eigenvalue weighted by Gasteiger charge is -2.30. The lowest BCUT2D eigenvalue weighted by atomic mass is 9.89. The van der Waals surface area contributed by atoms with E-state index in [4.69, 9.17) is 5.73 Å². The van der Waals surface area contributed by atoms with Gasteiger partial charge in [-0.2, -0.15) is 5.10 Å². The summed E-state index contributed by atoms with van der Waals surface area (Å²) in [6.07, 6.45) is 2.44. The second-order valence-corrected chi connectivity index (χ2v) is 7.69. The molecule has 0 fully saturated rings. The molecular weight excluding hydrogens is 365 g/mol. The van der Waals surface area contributed by atoms with Crippen LogP contribution in [0.4, 0.5) is 10.1 Å². The van der Waals surface area contributed by atoms with Crippen LogP contribution in [0, 0.1) is 5.82 Å². The Hall–Kier alpha value is -2.87. The quantitative estimate of drug-likeness (QED) is 0.726. The first-order valence-corrected chi connectivity index (χ1v) is 9.47. The zero-order valence-electron chi connectivity index (χ0n) is 14.6. The first kappa shape index (κ1) is 17.5. The number of aromatic nitrogens is 2. The predicted octanol–water partition coefficient (Wildman–Crippen LogP) is 3.39. The molecule has 1 aromatic carbocycles. The Morgan fingerprint density at radius 2 is 2.19 bits per heavy atom. The molecule has 0 saturated carbocycles. The third-order valence-electron chi connectivity index (χ3n) is 4.60. The van der Waals surface area contributed by atoms with Crippen LogP contribution >= 0.6 is 11.8 Å². The number of pyridine rings is 1. The van der Waals surface area contributed by atoms with Crippen molar-refractivity contribution in [3.8, 4) is 0 Å². The topological polar surface area (TPSA) is 84.8 Å². The summed E-state index contributed by atoms with van der Waals surface area (Å²) >= 11 is 1.46. The zero-order valence-corrected chi connectivity index (χ0v) is 15.5. The molecule has 1 amide bonds. The molecule has 1 aliphatic rings. The van der Waals surface area contributed by atoms with Crippen molar-refractivity contribution in [1.29, 1.82) is 0 Å². The van der Waals surface area contributed by atoms with Crippen molar-refractivity contribution >= 4 is 34.0 Å². The summed E-state index contributed by atoms with van der Waals surface area (Å²) < 4.78 is 16.1. The van der Waals surface area contributed by atoms with Gasteiger partial charge in [-0.05, 0) is 49.7 Å². The fourth-order valence-electron chi connectivity index (χ4n) is 3.14. The van der Waals surface area contributed by atoms with Gasteiger partial charge in [0.05, 0.1) is 11.1 Å². The van der Waals surface area contributed by atoms with Gasteiger partial charge in [0.15, 0.2) is 10.9 Å². The summed E-state index contributed by atoms with van der Waals surface area (Å²) in [4.78, 5) is 17.0. The number of hydrogen-bond donors (Lipinski definition) is 2. The maximum Gasteiger partial charge on any atom is 0.276 e. The van der Waals surface area contributed by atoms with Gasteiger partial charge in [-0.3, -0.25) is 9.79 Å². The number of aliphatic imine (C=N–C) groups is 1. The number of nitrogens with one attached hydrogen (secondary N) is 1. The highest BCUT2D eigenvalue weighted by atomic mass is 32.2. The van der Waals surface area contributed by atoms with Crippen LogP contribution < -0.4 is 11.1 Å². The number of halogens is 1. The molecule has 0 aliphatic carbocycles. The fourth-order valence-corrected chi connectivity index (χ4v) is 4.12. The molecule has 0 bridgehead atoms. The molecule has 0 spiro atoms. The first-order chi connectivity index (χ1) is 12.9. The van der Waals surface area contributed by atoms with Gasteiger partial charge in [-0.15, -0.1) is 0 Å². The number of amidine groups is 1. The van der Waals surface area contributed by atoms with Crippen LogP contribution in [-0.2, 0) is 5.54 Å². The van der Waals surface area contributed by atoms with Gasteiger partial charge in [0.25, 0.3) is 5.91 Å². The van der Waals surface area contributed by atoms with Crippen molar-refractivity contribution in [3.63, 3.8) is 0 Å². The van der Waals surface area contributed by atoms with E-state index in [1.807, 2.05) is 25.1 Å². The van der Waals surface area contributed by atoms with Crippen molar-refractivity contribution in [2.24, 2.45) is 10.7 Å². The maximum absolute atomic E-state index is 14.5. The van der Waals surface area contributed by atoms with Crippen molar-refractivity contribution in [1.82, 2.24) is 9.61 Å². The van der Waals surface area contributed by atoms with Crippen LogP contribution in [-0.4, -0.2) is 26.4 Å². The summed E-state index contributed by atoms with van der Waals surface area (Å²) in [5.41, 5.74) is 7.10. The van der Waals surface area contributed by atoms with Gasteiger partial charge < -0.3 is 11.1 Å². The number of thioether (sulfide) groups is 1. The van der Waals surface area contributed by atoms with E-state index in [0.29, 0.717) is 22.8 Å². The molecule has 1 aliphatic heterocycles. The van der Waals surface area contributed by atoms with Gasteiger partial charge in [-0.1, -0.05) is 17.8 Å². The Bertz CT molecular complexity index is 1030. The fraction of sp³-hybridized carbons (Fsp3) is 0.211. The minimum absolute atomic E-state index is 0.287. The highest BCUT2D eigenvalue weighted by Gasteiger charge is 2.32. The molecule has 0 radical (unpaired) electrons. The van der Waals surface area contributed by atoms with E-state index >= 15 is 0 Å². The maximum atomic E-state index is 14.5.